The molecule has 2 aliphatic rings. The molecule has 6 heterocycles. The summed E-state index contributed by atoms with van der Waals surface area (Å²) in [6.45, 7) is 2.27. The fourth-order valence-corrected chi connectivity index (χ4v) is 8.05. The van der Waals surface area contributed by atoms with Gasteiger partial charge in [-0.05, 0) is 48.2 Å². The number of hydrogen-bond acceptors (Lipinski definition) is 11. The molecule has 14 heteroatoms. The van der Waals surface area contributed by atoms with Crippen LogP contribution in [-0.2, 0) is 31.8 Å². The maximum Gasteiger partial charge on any atom is 0.193 e. The average molecular weight is 794 g/mol. The Balaban J connectivity index is 0.000000175. The first-order chi connectivity index (χ1) is 21.4. The van der Waals surface area contributed by atoms with Crippen molar-refractivity contribution in [3.05, 3.63) is 101 Å². The molecule has 2 fully saturated rings. The molecule has 3 N–H and O–H groups in total. The van der Waals surface area contributed by atoms with Gasteiger partial charge in [-0.3, -0.25) is 9.97 Å². The summed E-state index contributed by atoms with van der Waals surface area (Å²) < 4.78 is 23.9. The summed E-state index contributed by atoms with van der Waals surface area (Å²) in [6, 6.07) is 11.2. The molecule has 2 atom stereocenters. The summed E-state index contributed by atoms with van der Waals surface area (Å²) in [5, 5.41) is 30.5. The molecule has 0 spiro atoms. The number of halogens is 3. The highest BCUT2D eigenvalue weighted by Gasteiger charge is 2.28. The van der Waals surface area contributed by atoms with Gasteiger partial charge in [-0.25, -0.2) is 0 Å². The molecule has 236 valence electrons. The fraction of sp³-hybridized carbons (Fsp3) is 0.400. The molecular weight excluding hydrogens is 762 g/mol. The number of aromatic nitrogens is 2. The van der Waals surface area contributed by atoms with Gasteiger partial charge in [-0.15, -0.1) is 22.7 Å². The zero-order chi connectivity index (χ0) is 31.1. The average Bonchev–Trinajstić information content (AvgIpc) is 3.86. The Hall–Kier alpha value is -1.27. The Morgan fingerprint density at radius 3 is 1.61 bits per heavy atom. The van der Waals surface area contributed by atoms with E-state index in [4.69, 9.17) is 47.3 Å². The molecule has 0 bridgehead atoms. The van der Waals surface area contributed by atoms with Gasteiger partial charge in [0.2, 0.25) is 0 Å². The minimum atomic E-state index is -0.943. The van der Waals surface area contributed by atoms with Gasteiger partial charge in [0, 0.05) is 34.6 Å². The summed E-state index contributed by atoms with van der Waals surface area (Å²) in [4.78, 5) is 10.3. The lowest BCUT2D eigenvalue weighted by atomic mass is 10.0. The Kier molecular flexibility index (Phi) is 12.8. The molecular formula is C30H31Cl2IN2O7S2. The summed E-state index contributed by atoms with van der Waals surface area (Å²) in [5.41, 5.74) is 4.26. The number of pyridine rings is 2. The van der Waals surface area contributed by atoms with Crippen molar-refractivity contribution in [2.75, 3.05) is 37.5 Å². The summed E-state index contributed by atoms with van der Waals surface area (Å²) >= 11 is 17.6. The van der Waals surface area contributed by atoms with Crippen LogP contribution in [0.25, 0.3) is 0 Å². The zero-order valence-corrected chi connectivity index (χ0v) is 28.7. The summed E-state index contributed by atoms with van der Waals surface area (Å²) in [5.74, 6) is 0. The third-order valence-corrected chi connectivity index (χ3v) is 10.2. The van der Waals surface area contributed by atoms with Gasteiger partial charge >= 0.3 is 0 Å². The van der Waals surface area contributed by atoms with E-state index in [1.54, 1.807) is 24.5 Å². The number of hydrogen-bond donors (Lipinski definition) is 3. The number of alkyl halides is 1. The third-order valence-electron chi connectivity index (χ3n) is 6.88. The Morgan fingerprint density at radius 1 is 0.773 bits per heavy atom. The molecule has 2 saturated heterocycles. The molecule has 9 nitrogen and oxygen atoms in total. The number of aliphatic hydroxyl groups is 3. The minimum Gasteiger partial charge on any atom is -0.396 e. The molecule has 0 saturated carbocycles. The molecule has 4 aromatic heterocycles. The number of nitrogens with zero attached hydrogens (tertiary/aromatic N) is 2. The van der Waals surface area contributed by atoms with Crippen LogP contribution in [0, 0.1) is 0 Å². The van der Waals surface area contributed by atoms with Crippen molar-refractivity contribution in [2.24, 2.45) is 0 Å². The first kappa shape index (κ1) is 34.1. The monoisotopic (exact) mass is 792 g/mol. The zero-order valence-electron chi connectivity index (χ0n) is 23.4. The number of thiophene rings is 2. The molecule has 2 unspecified atom stereocenters. The minimum absolute atomic E-state index is 0.00220. The predicted molar refractivity (Wildman–Crippen MR) is 178 cm³/mol. The predicted octanol–water partition coefficient (Wildman–Crippen LogP) is 6.36. The summed E-state index contributed by atoms with van der Waals surface area (Å²) in [6.07, 6.45) is 2.04. The van der Waals surface area contributed by atoms with Gasteiger partial charge in [0.05, 0.1) is 56.2 Å². The molecule has 0 amide bonds. The number of aryl methyl sites for hydroxylation is 1. The second-order valence-corrected chi connectivity index (χ2v) is 14.2. The van der Waals surface area contributed by atoms with E-state index in [0.717, 1.165) is 31.7 Å². The van der Waals surface area contributed by atoms with E-state index in [-0.39, 0.29) is 12.9 Å². The SMILES string of the molecule is OC(c1cc(C2OCCO2)sc1Cl)c1ncccc1CCI.OCCc1cccnc1C(O)c1cc(C2OCCO2)sc1Cl. The van der Waals surface area contributed by atoms with Crippen LogP contribution < -0.4 is 0 Å². The van der Waals surface area contributed by atoms with E-state index in [1.165, 1.54) is 22.7 Å². The van der Waals surface area contributed by atoms with Crippen molar-refractivity contribution in [1.29, 1.82) is 0 Å². The lowest BCUT2D eigenvalue weighted by molar-refractivity contribution is -0.0416. The van der Waals surface area contributed by atoms with Crippen LogP contribution >= 0.6 is 68.5 Å². The van der Waals surface area contributed by atoms with Gasteiger partial charge in [-0.2, -0.15) is 0 Å². The maximum absolute atomic E-state index is 10.7. The van der Waals surface area contributed by atoms with Gasteiger partial charge in [0.1, 0.15) is 12.2 Å². The molecule has 6 rings (SSSR count). The highest BCUT2D eigenvalue weighted by molar-refractivity contribution is 14.1. The largest absolute Gasteiger partial charge is 0.396 e. The normalized spacial score (nSPS) is 17.0. The first-order valence-corrected chi connectivity index (χ1v) is 17.8. The van der Waals surface area contributed by atoms with Gasteiger partial charge in [-0.1, -0.05) is 57.9 Å². The Bertz CT molecular complexity index is 1400. The van der Waals surface area contributed by atoms with Gasteiger partial charge < -0.3 is 34.3 Å². The van der Waals surface area contributed by atoms with E-state index in [9.17, 15) is 10.2 Å². The van der Waals surface area contributed by atoms with Crippen molar-refractivity contribution in [1.82, 2.24) is 9.97 Å². The van der Waals surface area contributed by atoms with Crippen LogP contribution in [0.1, 0.15) is 68.2 Å². The quantitative estimate of drug-likeness (QED) is 0.124. The third kappa shape index (κ3) is 8.17. The standard InChI is InChI=1S/C15H15ClINO3S.C15H16ClNO4S/c16-14-10(8-11(22-14)15-20-6-7-21-15)13(19)12-9(3-4-17)2-1-5-18-12;16-14-10(8-11(22-14)15-20-6-7-21-15)13(19)12-9(3-5-18)2-1-4-17-12/h1-2,5,8,13,15,19H,3-4,6-7H2;1-2,4,8,13,15,18-19H,3,5-7H2. The van der Waals surface area contributed by atoms with Crippen LogP contribution in [0.2, 0.25) is 8.67 Å². The van der Waals surface area contributed by atoms with Crippen LogP contribution in [0.3, 0.4) is 0 Å². The van der Waals surface area contributed by atoms with Crippen molar-refractivity contribution in [3.8, 4) is 0 Å². The Morgan fingerprint density at radius 2 is 1.20 bits per heavy atom. The molecule has 0 aromatic carbocycles. The maximum atomic E-state index is 10.7. The highest BCUT2D eigenvalue weighted by atomic mass is 127. The molecule has 0 radical (unpaired) electrons. The van der Waals surface area contributed by atoms with Gasteiger partial charge in [0.25, 0.3) is 0 Å². The fourth-order valence-electron chi connectivity index (χ4n) is 4.79. The first-order valence-electron chi connectivity index (χ1n) is 13.9. The number of aliphatic hydroxyl groups excluding tert-OH is 3. The second-order valence-electron chi connectivity index (χ2n) is 9.72. The molecule has 44 heavy (non-hydrogen) atoms. The van der Waals surface area contributed by atoms with E-state index in [2.05, 4.69) is 32.6 Å². The van der Waals surface area contributed by atoms with E-state index in [1.807, 2.05) is 24.3 Å². The van der Waals surface area contributed by atoms with E-state index >= 15 is 0 Å². The highest BCUT2D eigenvalue weighted by Crippen LogP contribution is 2.41. The topological polar surface area (TPSA) is 123 Å². The smallest absolute Gasteiger partial charge is 0.193 e. The van der Waals surface area contributed by atoms with E-state index in [0.29, 0.717) is 64.0 Å². The van der Waals surface area contributed by atoms with E-state index < -0.39 is 18.5 Å². The number of rotatable bonds is 10. The lowest BCUT2D eigenvalue weighted by Gasteiger charge is -2.13. The van der Waals surface area contributed by atoms with Crippen molar-refractivity contribution in [3.63, 3.8) is 0 Å². The van der Waals surface area contributed by atoms with Crippen LogP contribution in [0.5, 0.6) is 0 Å². The van der Waals surface area contributed by atoms with Crippen molar-refractivity contribution >= 4 is 68.5 Å². The molecule has 0 aliphatic carbocycles. The summed E-state index contributed by atoms with van der Waals surface area (Å²) in [7, 11) is 0. The van der Waals surface area contributed by atoms with Gasteiger partial charge in [0.15, 0.2) is 12.6 Å². The van der Waals surface area contributed by atoms with Crippen LogP contribution in [-0.4, -0.2) is 62.7 Å². The van der Waals surface area contributed by atoms with Crippen LogP contribution in [0.4, 0.5) is 0 Å². The second kappa shape index (κ2) is 16.5. The lowest BCUT2D eigenvalue weighted by Crippen LogP contribution is -2.07. The molecule has 2 aliphatic heterocycles. The van der Waals surface area contributed by atoms with Crippen molar-refractivity contribution < 1.29 is 34.3 Å². The molecule has 4 aromatic rings. The van der Waals surface area contributed by atoms with Crippen LogP contribution in [0.15, 0.2) is 48.8 Å². The van der Waals surface area contributed by atoms with Crippen molar-refractivity contribution in [2.45, 2.75) is 37.6 Å². The number of ether oxygens (including phenoxy) is 4. The Labute approximate surface area is 286 Å².